The van der Waals surface area contributed by atoms with Gasteiger partial charge in [-0.05, 0) is 61.2 Å². The molecule has 0 aliphatic rings. The molecular formula is C15H17N3O. The van der Waals surface area contributed by atoms with E-state index in [2.05, 4.69) is 15.3 Å². The Bertz CT molecular complexity index is 583. The summed E-state index contributed by atoms with van der Waals surface area (Å²) in [7, 11) is 0. The van der Waals surface area contributed by atoms with E-state index in [1.807, 2.05) is 39.1 Å². The lowest BCUT2D eigenvalue weighted by molar-refractivity contribution is 0.467. The van der Waals surface area contributed by atoms with Crippen molar-refractivity contribution >= 4 is 11.5 Å². The summed E-state index contributed by atoms with van der Waals surface area (Å²) in [6, 6.07) is 5.69. The lowest BCUT2D eigenvalue weighted by Crippen LogP contribution is -1.95. The van der Waals surface area contributed by atoms with Crippen molar-refractivity contribution in [2.24, 2.45) is 0 Å². The molecule has 0 aliphatic carbocycles. The first-order chi connectivity index (χ1) is 9.08. The van der Waals surface area contributed by atoms with Gasteiger partial charge in [0.05, 0.1) is 0 Å². The number of hydrogen-bond donors (Lipinski definition) is 2. The number of nitrogens with one attached hydrogen (secondary N) is 1. The minimum absolute atomic E-state index is 0.357. The average Bonchev–Trinajstić information content (AvgIpc) is 2.42. The molecule has 0 spiro atoms. The normalized spacial score (nSPS) is 11.4. The van der Waals surface area contributed by atoms with Crippen LogP contribution < -0.4 is 5.32 Å². The van der Waals surface area contributed by atoms with Crippen LogP contribution in [0.2, 0.25) is 0 Å². The van der Waals surface area contributed by atoms with Crippen molar-refractivity contribution in [2.45, 2.75) is 20.8 Å². The molecule has 0 bridgehead atoms. The first-order valence-corrected chi connectivity index (χ1v) is 6.09. The standard InChI is InChI=1S/C15H17N3O/c1-10-7-13(8-11(2)14(10)19)12(3)9-18-15-16-5-4-6-17-15/h4-9,19H,1-3H3,(H,16,17,18)/b12-9-. The second-order valence-electron chi connectivity index (χ2n) is 4.50. The first-order valence-electron chi connectivity index (χ1n) is 6.09. The average molecular weight is 255 g/mol. The molecule has 0 atom stereocenters. The molecule has 2 aromatic rings. The number of aromatic nitrogens is 2. The third-order valence-corrected chi connectivity index (χ3v) is 2.93. The van der Waals surface area contributed by atoms with Crippen LogP contribution in [0.15, 0.2) is 36.8 Å². The van der Waals surface area contributed by atoms with Crippen molar-refractivity contribution in [2.75, 3.05) is 5.32 Å². The second-order valence-corrected chi connectivity index (χ2v) is 4.50. The Labute approximate surface area is 112 Å². The predicted octanol–water partition coefficient (Wildman–Crippen LogP) is 3.27. The van der Waals surface area contributed by atoms with Gasteiger partial charge >= 0.3 is 0 Å². The van der Waals surface area contributed by atoms with Gasteiger partial charge in [-0.3, -0.25) is 0 Å². The highest BCUT2D eigenvalue weighted by Crippen LogP contribution is 2.26. The molecule has 98 valence electrons. The van der Waals surface area contributed by atoms with Crippen molar-refractivity contribution < 1.29 is 5.11 Å². The minimum atomic E-state index is 0.357. The van der Waals surface area contributed by atoms with E-state index >= 15 is 0 Å². The quantitative estimate of drug-likeness (QED) is 0.883. The van der Waals surface area contributed by atoms with E-state index in [-0.39, 0.29) is 0 Å². The number of benzene rings is 1. The number of allylic oxidation sites excluding steroid dienone is 1. The third kappa shape index (κ3) is 3.10. The zero-order chi connectivity index (χ0) is 13.8. The fraction of sp³-hybridized carbons (Fsp3) is 0.200. The molecule has 0 amide bonds. The molecule has 0 fully saturated rings. The van der Waals surface area contributed by atoms with E-state index in [4.69, 9.17) is 0 Å². The number of rotatable bonds is 3. The Hall–Kier alpha value is -2.36. The predicted molar refractivity (Wildman–Crippen MR) is 76.9 cm³/mol. The van der Waals surface area contributed by atoms with Crippen LogP contribution >= 0.6 is 0 Å². The number of aryl methyl sites for hydroxylation is 2. The Morgan fingerprint density at radius 2 is 1.74 bits per heavy atom. The van der Waals surface area contributed by atoms with Gasteiger partial charge in [0.15, 0.2) is 0 Å². The minimum Gasteiger partial charge on any atom is -0.507 e. The van der Waals surface area contributed by atoms with Crippen LogP contribution in [0, 0.1) is 13.8 Å². The molecule has 0 radical (unpaired) electrons. The highest BCUT2D eigenvalue weighted by Gasteiger charge is 2.04. The van der Waals surface area contributed by atoms with Gasteiger partial charge in [0, 0.05) is 18.6 Å². The Morgan fingerprint density at radius 3 is 2.32 bits per heavy atom. The molecule has 1 aromatic carbocycles. The highest BCUT2D eigenvalue weighted by atomic mass is 16.3. The molecule has 1 aromatic heterocycles. The van der Waals surface area contributed by atoms with E-state index in [1.165, 1.54) is 0 Å². The molecule has 0 saturated carbocycles. The summed E-state index contributed by atoms with van der Waals surface area (Å²) >= 11 is 0. The van der Waals surface area contributed by atoms with Gasteiger partial charge in [0.1, 0.15) is 5.75 Å². The van der Waals surface area contributed by atoms with Gasteiger partial charge in [-0.25, -0.2) is 9.97 Å². The Kier molecular flexibility index (Phi) is 3.80. The number of aromatic hydroxyl groups is 1. The Balaban J connectivity index is 2.22. The van der Waals surface area contributed by atoms with E-state index < -0.39 is 0 Å². The summed E-state index contributed by atoms with van der Waals surface area (Å²) in [5.41, 5.74) is 3.87. The van der Waals surface area contributed by atoms with E-state index in [0.717, 1.165) is 22.3 Å². The molecule has 2 rings (SSSR count). The number of anilines is 1. The maximum absolute atomic E-state index is 9.77. The van der Waals surface area contributed by atoms with Crippen molar-refractivity contribution in [1.29, 1.82) is 0 Å². The Morgan fingerprint density at radius 1 is 1.16 bits per heavy atom. The molecule has 4 nitrogen and oxygen atoms in total. The zero-order valence-corrected chi connectivity index (χ0v) is 11.3. The lowest BCUT2D eigenvalue weighted by Gasteiger charge is -2.08. The summed E-state index contributed by atoms with van der Waals surface area (Å²) in [4.78, 5) is 8.17. The molecule has 1 heterocycles. The maximum Gasteiger partial charge on any atom is 0.226 e. The summed E-state index contributed by atoms with van der Waals surface area (Å²) in [5, 5.41) is 12.8. The van der Waals surface area contributed by atoms with Crippen LogP contribution in [-0.2, 0) is 0 Å². The molecule has 19 heavy (non-hydrogen) atoms. The van der Waals surface area contributed by atoms with Gasteiger partial charge in [0.25, 0.3) is 0 Å². The molecule has 4 heteroatoms. The largest absolute Gasteiger partial charge is 0.507 e. The fourth-order valence-corrected chi connectivity index (χ4v) is 1.81. The smallest absolute Gasteiger partial charge is 0.226 e. The molecular weight excluding hydrogens is 238 g/mol. The van der Waals surface area contributed by atoms with Gasteiger partial charge in [-0.2, -0.15) is 0 Å². The maximum atomic E-state index is 9.77. The SMILES string of the molecule is C/C(=C/Nc1ncccn1)c1cc(C)c(O)c(C)c1. The number of phenolic OH excluding ortho intramolecular Hbond substituents is 1. The van der Waals surface area contributed by atoms with E-state index in [1.54, 1.807) is 18.5 Å². The van der Waals surface area contributed by atoms with Gasteiger partial charge in [-0.1, -0.05) is 0 Å². The molecule has 0 unspecified atom stereocenters. The van der Waals surface area contributed by atoms with Crippen molar-refractivity contribution in [3.8, 4) is 5.75 Å². The van der Waals surface area contributed by atoms with Gasteiger partial charge in [-0.15, -0.1) is 0 Å². The molecule has 0 saturated heterocycles. The lowest BCUT2D eigenvalue weighted by atomic mass is 10.0. The number of phenols is 1. The monoisotopic (exact) mass is 255 g/mol. The van der Waals surface area contributed by atoms with Crippen LogP contribution in [0.1, 0.15) is 23.6 Å². The van der Waals surface area contributed by atoms with Crippen molar-refractivity contribution in [1.82, 2.24) is 9.97 Å². The van der Waals surface area contributed by atoms with Crippen LogP contribution in [0.5, 0.6) is 5.75 Å². The van der Waals surface area contributed by atoms with E-state index in [9.17, 15) is 5.11 Å². The number of nitrogens with zero attached hydrogens (tertiary/aromatic N) is 2. The first kappa shape index (κ1) is 13.1. The number of hydrogen-bond acceptors (Lipinski definition) is 4. The van der Waals surface area contributed by atoms with Gasteiger partial charge < -0.3 is 10.4 Å². The summed E-state index contributed by atoms with van der Waals surface area (Å²) in [6.07, 6.45) is 5.24. The van der Waals surface area contributed by atoms with Crippen LogP contribution in [0.25, 0.3) is 5.57 Å². The van der Waals surface area contributed by atoms with Gasteiger partial charge in [0.2, 0.25) is 5.95 Å². The molecule has 2 N–H and O–H groups in total. The van der Waals surface area contributed by atoms with E-state index in [0.29, 0.717) is 11.7 Å². The topological polar surface area (TPSA) is 58.0 Å². The van der Waals surface area contributed by atoms with Crippen LogP contribution in [-0.4, -0.2) is 15.1 Å². The van der Waals surface area contributed by atoms with Crippen molar-refractivity contribution in [3.63, 3.8) is 0 Å². The summed E-state index contributed by atoms with van der Waals surface area (Å²) in [5.74, 6) is 0.921. The summed E-state index contributed by atoms with van der Waals surface area (Å²) < 4.78 is 0. The fourth-order valence-electron chi connectivity index (χ4n) is 1.81. The second kappa shape index (κ2) is 5.52. The highest BCUT2D eigenvalue weighted by molar-refractivity contribution is 5.68. The molecule has 0 aliphatic heterocycles. The van der Waals surface area contributed by atoms with Crippen LogP contribution in [0.3, 0.4) is 0 Å². The zero-order valence-electron chi connectivity index (χ0n) is 11.3. The third-order valence-electron chi connectivity index (χ3n) is 2.93. The summed E-state index contributed by atoms with van der Waals surface area (Å²) in [6.45, 7) is 5.79. The van der Waals surface area contributed by atoms with Crippen molar-refractivity contribution in [3.05, 3.63) is 53.5 Å². The van der Waals surface area contributed by atoms with Crippen LogP contribution in [0.4, 0.5) is 5.95 Å².